The lowest BCUT2D eigenvalue weighted by atomic mass is 10.0. The van der Waals surface area contributed by atoms with E-state index in [4.69, 9.17) is 11.6 Å². The van der Waals surface area contributed by atoms with E-state index in [1.165, 1.54) is 17.2 Å². The maximum atomic E-state index is 12.8. The average molecular weight is 434 g/mol. The van der Waals surface area contributed by atoms with Gasteiger partial charge < -0.3 is 10.4 Å². The number of hydrogen-bond donors (Lipinski definition) is 2. The molecule has 0 saturated carbocycles. The van der Waals surface area contributed by atoms with Crippen LogP contribution in [-0.4, -0.2) is 60.5 Å². The first-order valence-electron chi connectivity index (χ1n) is 9.70. The van der Waals surface area contributed by atoms with Crippen LogP contribution in [0.1, 0.15) is 38.7 Å². The molecule has 2 amide bonds. The third-order valence-electron chi connectivity index (χ3n) is 4.75. The number of aliphatic hydroxyl groups excluding tert-OH is 1. The van der Waals surface area contributed by atoms with E-state index in [0.29, 0.717) is 35.0 Å². The van der Waals surface area contributed by atoms with Gasteiger partial charge >= 0.3 is 0 Å². The Hall–Kier alpha value is -2.85. The van der Waals surface area contributed by atoms with Crippen molar-refractivity contribution in [2.75, 3.05) is 0 Å². The summed E-state index contributed by atoms with van der Waals surface area (Å²) >= 11 is 6.10. The van der Waals surface area contributed by atoms with Crippen molar-refractivity contribution in [1.82, 2.24) is 30.5 Å². The lowest BCUT2D eigenvalue weighted by molar-refractivity contribution is -0.146. The highest BCUT2D eigenvalue weighted by molar-refractivity contribution is 6.30. The van der Waals surface area contributed by atoms with Crippen molar-refractivity contribution < 1.29 is 14.7 Å². The van der Waals surface area contributed by atoms with Crippen LogP contribution >= 0.6 is 11.6 Å². The minimum atomic E-state index is -1.18. The van der Waals surface area contributed by atoms with Gasteiger partial charge in [0.25, 0.3) is 5.91 Å². The Morgan fingerprint density at radius 1 is 1.33 bits per heavy atom. The Morgan fingerprint density at radius 2 is 2.13 bits per heavy atom. The van der Waals surface area contributed by atoms with Gasteiger partial charge in [0.15, 0.2) is 0 Å². The van der Waals surface area contributed by atoms with Gasteiger partial charge in [0.2, 0.25) is 5.91 Å². The van der Waals surface area contributed by atoms with Gasteiger partial charge in [0, 0.05) is 24.2 Å². The fourth-order valence-corrected chi connectivity index (χ4v) is 3.30. The Bertz CT molecular complexity index is 917. The summed E-state index contributed by atoms with van der Waals surface area (Å²) in [6.07, 6.45) is 3.08. The zero-order valence-corrected chi connectivity index (χ0v) is 17.5. The number of rotatable bonds is 8. The fourth-order valence-electron chi connectivity index (χ4n) is 3.10. The summed E-state index contributed by atoms with van der Waals surface area (Å²) in [7, 11) is 0. The number of amides is 2. The van der Waals surface area contributed by atoms with E-state index in [1.807, 2.05) is 13.8 Å². The van der Waals surface area contributed by atoms with E-state index in [2.05, 4.69) is 25.9 Å². The average Bonchev–Trinajstić information content (AvgIpc) is 3.41. The Labute approximate surface area is 178 Å². The van der Waals surface area contributed by atoms with E-state index in [-0.39, 0.29) is 18.9 Å². The summed E-state index contributed by atoms with van der Waals surface area (Å²) in [5.74, 6) is -0.582. The van der Waals surface area contributed by atoms with E-state index in [1.54, 1.807) is 18.2 Å². The molecule has 2 aromatic rings. The molecule has 2 atom stereocenters. The summed E-state index contributed by atoms with van der Waals surface area (Å²) < 4.78 is 1.47. The Morgan fingerprint density at radius 3 is 2.83 bits per heavy atom. The van der Waals surface area contributed by atoms with E-state index >= 15 is 0 Å². The number of tetrazole rings is 1. The predicted octanol–water partition coefficient (Wildman–Crippen LogP) is 1.32. The quantitative estimate of drug-likeness (QED) is 0.646. The van der Waals surface area contributed by atoms with Crippen LogP contribution < -0.4 is 5.32 Å². The maximum absolute atomic E-state index is 12.8. The largest absolute Gasteiger partial charge is 0.383 e. The minimum Gasteiger partial charge on any atom is -0.383 e. The van der Waals surface area contributed by atoms with Gasteiger partial charge in [0.05, 0.1) is 5.69 Å². The lowest BCUT2D eigenvalue weighted by Crippen LogP contribution is -2.47. The molecule has 1 aromatic heterocycles. The van der Waals surface area contributed by atoms with Gasteiger partial charge in [-0.15, -0.1) is 5.10 Å². The third-order valence-corrected chi connectivity index (χ3v) is 4.99. The zero-order valence-electron chi connectivity index (χ0n) is 16.8. The smallest absolute Gasteiger partial charge is 0.272 e. The van der Waals surface area contributed by atoms with Crippen LogP contribution in [0.2, 0.25) is 5.02 Å². The minimum absolute atomic E-state index is 0.156. The first kappa shape index (κ1) is 21.8. The summed E-state index contributed by atoms with van der Waals surface area (Å²) in [5, 5.41) is 29.7. The van der Waals surface area contributed by atoms with Gasteiger partial charge in [-0.2, -0.15) is 5.10 Å². The molecule has 3 rings (SSSR count). The first-order chi connectivity index (χ1) is 14.4. The molecule has 0 saturated heterocycles. The molecule has 1 aromatic carbocycles. The highest BCUT2D eigenvalue weighted by atomic mass is 35.5. The topological polar surface area (TPSA) is 126 Å². The van der Waals surface area contributed by atoms with Gasteiger partial charge in [-0.05, 0) is 52.9 Å². The molecular weight excluding hydrogens is 410 g/mol. The second kappa shape index (κ2) is 9.77. The Kier molecular flexibility index (Phi) is 7.11. The van der Waals surface area contributed by atoms with Gasteiger partial charge in [-0.25, -0.2) is 9.69 Å². The summed E-state index contributed by atoms with van der Waals surface area (Å²) in [4.78, 5) is 25.3. The molecule has 0 radical (unpaired) electrons. The van der Waals surface area contributed by atoms with Crippen LogP contribution in [0.5, 0.6) is 0 Å². The van der Waals surface area contributed by atoms with Crippen molar-refractivity contribution in [3.05, 3.63) is 35.1 Å². The van der Waals surface area contributed by atoms with Crippen LogP contribution in [0.25, 0.3) is 5.69 Å². The van der Waals surface area contributed by atoms with Crippen LogP contribution in [0.3, 0.4) is 0 Å². The van der Waals surface area contributed by atoms with Crippen molar-refractivity contribution in [3.8, 4) is 5.69 Å². The molecule has 11 heteroatoms. The van der Waals surface area contributed by atoms with Crippen LogP contribution in [-0.2, 0) is 16.1 Å². The molecule has 1 aliphatic heterocycles. The summed E-state index contributed by atoms with van der Waals surface area (Å²) in [6, 6.07) is 4.36. The maximum Gasteiger partial charge on any atom is 0.272 e. The van der Waals surface area contributed by atoms with E-state index in [9.17, 15) is 14.7 Å². The number of carbonyl (C=O) groups excluding carboxylic acids is 2. The number of nitrogens with one attached hydrogen (secondary N) is 1. The van der Waals surface area contributed by atoms with Crippen LogP contribution in [0.15, 0.2) is 29.6 Å². The standard InChI is InChI=1S/C19H24ClN7O3/c1-12(2)3-6-17(28)19(30)27-16(7-8-23-27)18(29)21-10-13-9-14(20)4-5-15(13)26-11-22-24-25-26/h4-5,8-9,11-12,16-17,28H,3,6-7,10H2,1-2H3,(H,21,29)/t16-,17+/m0/s1. The van der Waals surface area contributed by atoms with Crippen molar-refractivity contribution in [3.63, 3.8) is 0 Å². The fraction of sp³-hybridized carbons (Fsp3) is 0.474. The molecule has 0 bridgehead atoms. The number of aliphatic hydroxyl groups is 1. The number of hydrogen-bond acceptors (Lipinski definition) is 7. The van der Waals surface area contributed by atoms with Crippen molar-refractivity contribution in [2.24, 2.45) is 11.0 Å². The van der Waals surface area contributed by atoms with Crippen LogP contribution in [0, 0.1) is 5.92 Å². The van der Waals surface area contributed by atoms with Gasteiger partial charge in [0.1, 0.15) is 18.5 Å². The molecule has 0 unspecified atom stereocenters. The molecular formula is C19H24ClN7O3. The number of nitrogens with zero attached hydrogens (tertiary/aromatic N) is 6. The van der Waals surface area contributed by atoms with Gasteiger partial charge in [-0.3, -0.25) is 9.59 Å². The van der Waals surface area contributed by atoms with Crippen LogP contribution in [0.4, 0.5) is 0 Å². The van der Waals surface area contributed by atoms with Crippen molar-refractivity contribution in [2.45, 2.75) is 51.8 Å². The monoisotopic (exact) mass is 433 g/mol. The molecule has 0 spiro atoms. The van der Waals surface area contributed by atoms with Crippen molar-refractivity contribution in [1.29, 1.82) is 0 Å². The van der Waals surface area contributed by atoms with Crippen molar-refractivity contribution >= 4 is 29.6 Å². The summed E-state index contributed by atoms with van der Waals surface area (Å²) in [6.45, 7) is 4.19. The number of halogens is 1. The number of hydrazone groups is 1. The molecule has 10 nitrogen and oxygen atoms in total. The zero-order chi connectivity index (χ0) is 21.7. The number of carbonyl (C=O) groups is 2. The summed E-state index contributed by atoms with van der Waals surface area (Å²) in [5.41, 5.74) is 1.38. The SMILES string of the molecule is CC(C)CC[C@@H](O)C(=O)N1N=CC[C@H]1C(=O)NCc1cc(Cl)ccc1-n1cnnn1. The molecule has 1 aliphatic rings. The number of aromatic nitrogens is 4. The molecule has 2 N–H and O–H groups in total. The Balaban J connectivity index is 1.65. The number of benzene rings is 1. The van der Waals surface area contributed by atoms with E-state index in [0.717, 1.165) is 5.01 Å². The molecule has 2 heterocycles. The molecule has 0 fully saturated rings. The molecule has 30 heavy (non-hydrogen) atoms. The van der Waals surface area contributed by atoms with E-state index < -0.39 is 18.1 Å². The van der Waals surface area contributed by atoms with Gasteiger partial charge in [-0.1, -0.05) is 25.4 Å². The predicted molar refractivity (Wildman–Crippen MR) is 110 cm³/mol. The lowest BCUT2D eigenvalue weighted by Gasteiger charge is -2.24. The molecule has 0 aliphatic carbocycles. The second-order valence-electron chi connectivity index (χ2n) is 7.46. The second-order valence-corrected chi connectivity index (χ2v) is 7.90. The highest BCUT2D eigenvalue weighted by Crippen LogP contribution is 2.20. The molecule has 160 valence electrons. The third kappa shape index (κ3) is 5.19. The highest BCUT2D eigenvalue weighted by Gasteiger charge is 2.35. The normalized spacial score (nSPS) is 16.8. The first-order valence-corrected chi connectivity index (χ1v) is 10.1.